The Bertz CT molecular complexity index is 397. The van der Waals surface area contributed by atoms with Crippen molar-refractivity contribution < 1.29 is 14.3 Å². The molecule has 0 aromatic rings. The van der Waals surface area contributed by atoms with E-state index in [2.05, 4.69) is 0 Å². The lowest BCUT2D eigenvalue weighted by atomic mass is 9.75. The maximum atomic E-state index is 11.7. The van der Waals surface area contributed by atoms with Crippen molar-refractivity contribution in [1.29, 1.82) is 0 Å². The van der Waals surface area contributed by atoms with Gasteiger partial charge >= 0.3 is 6.09 Å². The maximum Gasteiger partial charge on any atom is 0.410 e. The zero-order valence-corrected chi connectivity index (χ0v) is 12.9. The number of halogens is 2. The Hall–Kier alpha value is -0.480. The highest BCUT2D eigenvalue weighted by molar-refractivity contribution is 6.60. The molecule has 0 radical (unpaired) electrons. The van der Waals surface area contributed by atoms with Crippen molar-refractivity contribution in [2.75, 3.05) is 13.1 Å². The Labute approximate surface area is 123 Å². The minimum Gasteiger partial charge on any atom is -0.444 e. The second-order valence-corrected chi connectivity index (χ2v) is 7.82. The lowest BCUT2D eigenvalue weighted by Gasteiger charge is -2.45. The van der Waals surface area contributed by atoms with Crippen molar-refractivity contribution in [1.82, 2.24) is 4.90 Å². The first-order valence-electron chi connectivity index (χ1n) is 6.48. The van der Waals surface area contributed by atoms with E-state index in [1.807, 2.05) is 20.8 Å². The van der Waals surface area contributed by atoms with E-state index < -0.39 is 9.93 Å². The van der Waals surface area contributed by atoms with Crippen molar-refractivity contribution in [2.24, 2.45) is 11.8 Å². The van der Waals surface area contributed by atoms with Gasteiger partial charge in [0.05, 0.1) is 0 Å². The summed E-state index contributed by atoms with van der Waals surface area (Å²) in [6, 6.07) is 0. The van der Waals surface area contributed by atoms with Gasteiger partial charge in [-0.1, -0.05) is 23.2 Å². The number of alkyl halides is 2. The Morgan fingerprint density at radius 1 is 1.42 bits per heavy atom. The molecule has 4 nitrogen and oxygen atoms in total. The molecule has 1 aliphatic carbocycles. The third-order valence-corrected chi connectivity index (χ3v) is 4.58. The fourth-order valence-electron chi connectivity index (χ4n) is 2.41. The molecule has 2 rings (SSSR count). The molecule has 0 N–H and O–H groups in total. The van der Waals surface area contributed by atoms with Crippen LogP contribution in [0.2, 0.25) is 0 Å². The number of rotatable bonds is 2. The van der Waals surface area contributed by atoms with Gasteiger partial charge in [-0.25, -0.2) is 4.79 Å². The van der Waals surface area contributed by atoms with Crippen LogP contribution in [0.25, 0.3) is 0 Å². The van der Waals surface area contributed by atoms with Crippen LogP contribution in [0.3, 0.4) is 0 Å². The normalized spacial score (nSPS) is 26.7. The van der Waals surface area contributed by atoms with E-state index in [-0.39, 0.29) is 17.8 Å². The van der Waals surface area contributed by atoms with Gasteiger partial charge in [0.25, 0.3) is 0 Å². The van der Waals surface area contributed by atoms with Crippen LogP contribution in [0.5, 0.6) is 0 Å². The molecule has 0 spiro atoms. The van der Waals surface area contributed by atoms with Crippen molar-refractivity contribution in [3.63, 3.8) is 0 Å². The summed E-state index contributed by atoms with van der Waals surface area (Å²) in [6.45, 7) is 6.85. The Morgan fingerprint density at radius 3 is 2.42 bits per heavy atom. The van der Waals surface area contributed by atoms with E-state index in [4.69, 9.17) is 27.9 Å². The number of carbonyl (C=O) groups is 2. The fraction of sp³-hybridized carbons (Fsp3) is 0.846. The summed E-state index contributed by atoms with van der Waals surface area (Å²) in [4.78, 5) is 24.6. The number of carbonyl (C=O) groups excluding carboxylic acids is 2. The zero-order valence-electron chi connectivity index (χ0n) is 11.4. The molecule has 108 valence electrons. The molecule has 1 amide bonds. The van der Waals surface area contributed by atoms with Crippen LogP contribution < -0.4 is 0 Å². The van der Waals surface area contributed by atoms with Gasteiger partial charge in [0.2, 0.25) is 0 Å². The van der Waals surface area contributed by atoms with Crippen molar-refractivity contribution >= 4 is 35.1 Å². The van der Waals surface area contributed by atoms with Crippen LogP contribution in [0.4, 0.5) is 4.79 Å². The topological polar surface area (TPSA) is 46.6 Å². The van der Waals surface area contributed by atoms with Gasteiger partial charge in [-0.2, -0.15) is 0 Å². The van der Waals surface area contributed by atoms with E-state index in [0.29, 0.717) is 25.4 Å². The number of amides is 1. The van der Waals surface area contributed by atoms with Crippen molar-refractivity contribution in [2.45, 2.75) is 43.5 Å². The highest BCUT2D eigenvalue weighted by atomic mass is 35.5. The van der Waals surface area contributed by atoms with Crippen LogP contribution in [-0.4, -0.2) is 39.8 Å². The zero-order chi connectivity index (χ0) is 14.4. The molecule has 1 aliphatic heterocycles. The lowest BCUT2D eigenvalue weighted by molar-refractivity contribution is -0.129. The molecule has 19 heavy (non-hydrogen) atoms. The summed E-state index contributed by atoms with van der Waals surface area (Å²) in [7, 11) is 0. The number of Topliss-reactive ketones (excluding diaryl/α,β-unsaturated/α-hetero) is 1. The SMILES string of the molecule is CC(C)(C)OC(=O)N1CC(CC2CC(=O)C2(Cl)Cl)C1. The van der Waals surface area contributed by atoms with Crippen LogP contribution >= 0.6 is 23.2 Å². The highest BCUT2D eigenvalue weighted by Gasteiger charge is 2.53. The molecule has 2 aliphatic rings. The molecule has 1 saturated carbocycles. The molecule has 1 unspecified atom stereocenters. The summed E-state index contributed by atoms with van der Waals surface area (Å²) >= 11 is 11.9. The average Bonchev–Trinajstić information content (AvgIpc) is 2.17. The summed E-state index contributed by atoms with van der Waals surface area (Å²) in [5, 5.41) is 0. The molecule has 1 heterocycles. The molecular weight excluding hydrogens is 289 g/mol. The lowest BCUT2D eigenvalue weighted by Crippen LogP contribution is -2.55. The summed E-state index contributed by atoms with van der Waals surface area (Å²) in [6.07, 6.45) is 0.963. The minimum atomic E-state index is -1.20. The van der Waals surface area contributed by atoms with E-state index in [0.717, 1.165) is 6.42 Å². The smallest absolute Gasteiger partial charge is 0.410 e. The molecule has 1 atom stereocenters. The largest absolute Gasteiger partial charge is 0.444 e. The number of nitrogens with zero attached hydrogens (tertiary/aromatic N) is 1. The van der Waals surface area contributed by atoms with Gasteiger partial charge in [0.1, 0.15) is 5.60 Å². The number of hydrogen-bond donors (Lipinski definition) is 0. The molecule has 0 bridgehead atoms. The summed E-state index contributed by atoms with van der Waals surface area (Å²) in [5.74, 6) is 0.292. The van der Waals surface area contributed by atoms with E-state index in [1.54, 1.807) is 4.90 Å². The first-order valence-corrected chi connectivity index (χ1v) is 7.24. The molecule has 1 saturated heterocycles. The first kappa shape index (κ1) is 14.9. The predicted molar refractivity (Wildman–Crippen MR) is 73.5 cm³/mol. The van der Waals surface area contributed by atoms with Crippen molar-refractivity contribution in [3.05, 3.63) is 0 Å². The van der Waals surface area contributed by atoms with Gasteiger partial charge in [-0.05, 0) is 33.1 Å². The van der Waals surface area contributed by atoms with E-state index in [1.165, 1.54) is 0 Å². The highest BCUT2D eigenvalue weighted by Crippen LogP contribution is 2.48. The quantitative estimate of drug-likeness (QED) is 0.737. The van der Waals surface area contributed by atoms with Crippen LogP contribution in [0.1, 0.15) is 33.6 Å². The maximum absolute atomic E-state index is 11.7. The molecular formula is C13H19Cl2NO3. The third kappa shape index (κ3) is 3.16. The average molecular weight is 308 g/mol. The number of hydrogen-bond acceptors (Lipinski definition) is 3. The predicted octanol–water partition coefficient (Wildman–Crippen LogP) is 3.01. The second-order valence-electron chi connectivity index (χ2n) is 6.43. The molecule has 2 fully saturated rings. The monoisotopic (exact) mass is 307 g/mol. The number of likely N-dealkylation sites (tertiary alicyclic amines) is 1. The van der Waals surface area contributed by atoms with Crippen LogP contribution in [-0.2, 0) is 9.53 Å². The molecule has 0 aromatic carbocycles. The second kappa shape index (κ2) is 4.81. The Kier molecular flexibility index (Phi) is 3.78. The third-order valence-electron chi connectivity index (χ3n) is 3.54. The van der Waals surface area contributed by atoms with Crippen LogP contribution in [0, 0.1) is 11.8 Å². The van der Waals surface area contributed by atoms with E-state index >= 15 is 0 Å². The summed E-state index contributed by atoms with van der Waals surface area (Å²) in [5.41, 5.74) is -0.468. The van der Waals surface area contributed by atoms with Crippen molar-refractivity contribution in [3.8, 4) is 0 Å². The van der Waals surface area contributed by atoms with Gasteiger partial charge in [-0.15, -0.1) is 0 Å². The van der Waals surface area contributed by atoms with E-state index in [9.17, 15) is 9.59 Å². The number of ketones is 1. The minimum absolute atomic E-state index is 0.0223. The fourth-order valence-corrected chi connectivity index (χ4v) is 2.90. The summed E-state index contributed by atoms with van der Waals surface area (Å²) < 4.78 is 4.07. The van der Waals surface area contributed by atoms with Gasteiger partial charge in [0, 0.05) is 25.4 Å². The molecule has 0 aromatic heterocycles. The Morgan fingerprint density at radius 2 is 2.00 bits per heavy atom. The van der Waals surface area contributed by atoms with Gasteiger partial charge in [0.15, 0.2) is 10.1 Å². The first-order chi connectivity index (χ1) is 8.59. The number of ether oxygens (including phenoxy) is 1. The molecule has 6 heteroatoms. The standard InChI is InChI=1S/C13H19Cl2NO3/c1-12(2,3)19-11(18)16-6-8(7-16)4-9-5-10(17)13(9,14)15/h8-9H,4-7H2,1-3H3. The van der Waals surface area contributed by atoms with Crippen LogP contribution in [0.15, 0.2) is 0 Å². The Balaban J connectivity index is 1.73. The van der Waals surface area contributed by atoms with Gasteiger partial charge < -0.3 is 9.64 Å². The van der Waals surface area contributed by atoms with Gasteiger partial charge in [-0.3, -0.25) is 4.79 Å².